The predicted octanol–water partition coefficient (Wildman–Crippen LogP) is 2.95. The average molecular weight is 292 g/mol. The summed E-state index contributed by atoms with van der Waals surface area (Å²) in [5.74, 6) is -0.0668. The van der Waals surface area contributed by atoms with Crippen molar-refractivity contribution in [3.63, 3.8) is 0 Å². The number of cyclic esters (lactones) is 1. The van der Waals surface area contributed by atoms with Crippen molar-refractivity contribution < 1.29 is 19.0 Å². The minimum atomic E-state index is -0.0914. The fourth-order valence-electron chi connectivity index (χ4n) is 2.47. The van der Waals surface area contributed by atoms with E-state index in [2.05, 4.69) is 0 Å². The Morgan fingerprint density at radius 2 is 2.05 bits per heavy atom. The molecule has 0 amide bonds. The third kappa shape index (κ3) is 5.14. The molecule has 0 spiro atoms. The van der Waals surface area contributed by atoms with Crippen LogP contribution in [0.3, 0.4) is 0 Å². The molecule has 3 atom stereocenters. The fraction of sp³-hybridized carbons (Fsp3) is 0.588. The summed E-state index contributed by atoms with van der Waals surface area (Å²) >= 11 is 0. The SMILES string of the molecule is CO[C@H](COCc1ccccc1)C[C@@H]1CC[C@H](C)C(=O)O1. The molecule has 0 saturated carbocycles. The zero-order valence-corrected chi connectivity index (χ0v) is 12.8. The van der Waals surface area contributed by atoms with Crippen molar-refractivity contribution in [1.82, 2.24) is 0 Å². The molecule has 0 aromatic heterocycles. The second-order valence-corrected chi connectivity index (χ2v) is 5.63. The summed E-state index contributed by atoms with van der Waals surface area (Å²) in [5, 5.41) is 0. The maximum atomic E-state index is 11.6. The fourth-order valence-corrected chi connectivity index (χ4v) is 2.47. The maximum Gasteiger partial charge on any atom is 0.308 e. The van der Waals surface area contributed by atoms with Crippen LogP contribution in [0.15, 0.2) is 30.3 Å². The van der Waals surface area contributed by atoms with Crippen LogP contribution in [0.1, 0.15) is 31.7 Å². The van der Waals surface area contributed by atoms with E-state index < -0.39 is 0 Å². The molecule has 4 heteroatoms. The molecule has 1 aromatic carbocycles. The summed E-state index contributed by atoms with van der Waals surface area (Å²) in [6, 6.07) is 10.0. The summed E-state index contributed by atoms with van der Waals surface area (Å²) in [5.41, 5.74) is 1.14. The molecule has 1 aromatic rings. The Bertz CT molecular complexity index is 432. The Labute approximate surface area is 126 Å². The number of esters is 1. The first-order valence-corrected chi connectivity index (χ1v) is 7.54. The largest absolute Gasteiger partial charge is 0.462 e. The van der Waals surface area contributed by atoms with Gasteiger partial charge in [0.1, 0.15) is 6.10 Å². The lowest BCUT2D eigenvalue weighted by atomic mass is 9.96. The molecule has 0 unspecified atom stereocenters. The van der Waals surface area contributed by atoms with E-state index in [9.17, 15) is 4.79 Å². The third-order valence-electron chi connectivity index (χ3n) is 3.88. The van der Waals surface area contributed by atoms with Gasteiger partial charge in [-0.3, -0.25) is 4.79 Å². The van der Waals surface area contributed by atoms with E-state index in [0.29, 0.717) is 19.6 Å². The molecular formula is C17H24O4. The molecule has 0 bridgehead atoms. The number of hydrogen-bond acceptors (Lipinski definition) is 4. The van der Waals surface area contributed by atoms with Crippen molar-refractivity contribution >= 4 is 5.97 Å². The summed E-state index contributed by atoms with van der Waals surface area (Å²) in [6.07, 6.45) is 2.42. The highest BCUT2D eigenvalue weighted by atomic mass is 16.6. The van der Waals surface area contributed by atoms with Crippen molar-refractivity contribution in [3.8, 4) is 0 Å². The van der Waals surface area contributed by atoms with Gasteiger partial charge in [-0.15, -0.1) is 0 Å². The highest BCUT2D eigenvalue weighted by Gasteiger charge is 2.28. The van der Waals surface area contributed by atoms with E-state index >= 15 is 0 Å². The zero-order chi connectivity index (χ0) is 15.1. The van der Waals surface area contributed by atoms with Crippen LogP contribution in [0.4, 0.5) is 0 Å². The molecule has 2 rings (SSSR count). The number of methoxy groups -OCH3 is 1. The lowest BCUT2D eigenvalue weighted by molar-refractivity contribution is -0.162. The molecule has 1 aliphatic rings. The molecule has 1 aliphatic heterocycles. The molecule has 1 fully saturated rings. The Balaban J connectivity index is 1.72. The summed E-state index contributed by atoms with van der Waals surface area (Å²) in [7, 11) is 1.67. The van der Waals surface area contributed by atoms with Crippen molar-refractivity contribution in [2.45, 2.75) is 45.0 Å². The van der Waals surface area contributed by atoms with E-state index in [1.54, 1.807) is 7.11 Å². The van der Waals surface area contributed by atoms with Crippen LogP contribution in [0.5, 0.6) is 0 Å². The third-order valence-corrected chi connectivity index (χ3v) is 3.88. The first kappa shape index (κ1) is 16.0. The highest BCUT2D eigenvalue weighted by Crippen LogP contribution is 2.23. The first-order valence-electron chi connectivity index (χ1n) is 7.54. The van der Waals surface area contributed by atoms with Gasteiger partial charge in [0, 0.05) is 13.5 Å². The van der Waals surface area contributed by atoms with E-state index in [-0.39, 0.29) is 24.1 Å². The quantitative estimate of drug-likeness (QED) is 0.725. The standard InChI is InChI=1S/C17H24O4/c1-13-8-9-15(21-17(13)18)10-16(19-2)12-20-11-14-6-4-3-5-7-14/h3-7,13,15-16H,8-12H2,1-2H3/t13-,15-,16-/m0/s1. The lowest BCUT2D eigenvalue weighted by Gasteiger charge is -2.28. The van der Waals surface area contributed by atoms with E-state index in [4.69, 9.17) is 14.2 Å². The number of hydrogen-bond donors (Lipinski definition) is 0. The van der Waals surface area contributed by atoms with Crippen molar-refractivity contribution in [3.05, 3.63) is 35.9 Å². The Kier molecular flexibility index (Phi) is 6.21. The predicted molar refractivity (Wildman–Crippen MR) is 79.8 cm³/mol. The topological polar surface area (TPSA) is 44.8 Å². The van der Waals surface area contributed by atoms with Gasteiger partial charge < -0.3 is 14.2 Å². The van der Waals surface area contributed by atoms with Gasteiger partial charge in [0.25, 0.3) is 0 Å². The highest BCUT2D eigenvalue weighted by molar-refractivity contribution is 5.72. The van der Waals surface area contributed by atoms with Crippen LogP contribution in [0.25, 0.3) is 0 Å². The number of rotatable bonds is 7. The van der Waals surface area contributed by atoms with Gasteiger partial charge in [-0.1, -0.05) is 37.3 Å². The molecular weight excluding hydrogens is 268 g/mol. The smallest absolute Gasteiger partial charge is 0.308 e. The van der Waals surface area contributed by atoms with E-state index in [1.165, 1.54) is 0 Å². The minimum absolute atomic E-state index is 0.0246. The summed E-state index contributed by atoms with van der Waals surface area (Å²) in [4.78, 5) is 11.6. The summed E-state index contributed by atoms with van der Waals surface area (Å²) in [6.45, 7) is 2.99. The molecule has 4 nitrogen and oxygen atoms in total. The average Bonchev–Trinajstić information content (AvgIpc) is 2.51. The Hall–Kier alpha value is -1.39. The van der Waals surface area contributed by atoms with Crippen molar-refractivity contribution in [2.75, 3.05) is 13.7 Å². The molecule has 21 heavy (non-hydrogen) atoms. The second-order valence-electron chi connectivity index (χ2n) is 5.63. The van der Waals surface area contributed by atoms with Crippen LogP contribution in [-0.2, 0) is 25.6 Å². The monoisotopic (exact) mass is 292 g/mol. The van der Waals surface area contributed by atoms with Crippen molar-refractivity contribution in [2.24, 2.45) is 5.92 Å². The van der Waals surface area contributed by atoms with Gasteiger partial charge in [0.05, 0.1) is 25.2 Å². The summed E-state index contributed by atoms with van der Waals surface area (Å²) < 4.78 is 16.6. The van der Waals surface area contributed by atoms with Gasteiger partial charge >= 0.3 is 5.97 Å². The molecule has 0 N–H and O–H groups in total. The molecule has 1 saturated heterocycles. The molecule has 1 heterocycles. The normalized spacial score (nSPS) is 23.6. The molecule has 0 radical (unpaired) electrons. The number of ether oxygens (including phenoxy) is 3. The number of benzene rings is 1. The maximum absolute atomic E-state index is 11.6. The van der Waals surface area contributed by atoms with Crippen LogP contribution in [-0.4, -0.2) is 31.9 Å². The van der Waals surface area contributed by atoms with Crippen LogP contribution in [0.2, 0.25) is 0 Å². The number of carbonyl (C=O) groups is 1. The van der Waals surface area contributed by atoms with Gasteiger partial charge in [-0.2, -0.15) is 0 Å². The van der Waals surface area contributed by atoms with Crippen LogP contribution >= 0.6 is 0 Å². The Morgan fingerprint density at radius 1 is 1.29 bits per heavy atom. The van der Waals surface area contributed by atoms with Crippen molar-refractivity contribution in [1.29, 1.82) is 0 Å². The van der Waals surface area contributed by atoms with Gasteiger partial charge in [-0.05, 0) is 18.4 Å². The van der Waals surface area contributed by atoms with E-state index in [1.807, 2.05) is 37.3 Å². The Morgan fingerprint density at radius 3 is 2.71 bits per heavy atom. The number of carbonyl (C=O) groups excluding carboxylic acids is 1. The van der Waals surface area contributed by atoms with Gasteiger partial charge in [0.15, 0.2) is 0 Å². The van der Waals surface area contributed by atoms with Crippen LogP contribution < -0.4 is 0 Å². The van der Waals surface area contributed by atoms with Gasteiger partial charge in [0.2, 0.25) is 0 Å². The zero-order valence-electron chi connectivity index (χ0n) is 12.8. The minimum Gasteiger partial charge on any atom is -0.462 e. The molecule has 0 aliphatic carbocycles. The first-order chi connectivity index (χ1) is 10.2. The van der Waals surface area contributed by atoms with Gasteiger partial charge in [-0.25, -0.2) is 0 Å². The second kappa shape index (κ2) is 8.15. The van der Waals surface area contributed by atoms with E-state index in [0.717, 1.165) is 18.4 Å². The van der Waals surface area contributed by atoms with Crippen LogP contribution in [0, 0.1) is 5.92 Å². The molecule has 116 valence electrons. The lowest BCUT2D eigenvalue weighted by Crippen LogP contribution is -2.34.